The van der Waals surface area contributed by atoms with Gasteiger partial charge in [-0.2, -0.15) is 15.2 Å². The van der Waals surface area contributed by atoms with Gasteiger partial charge < -0.3 is 19.4 Å². The van der Waals surface area contributed by atoms with E-state index < -0.39 is 0 Å². The van der Waals surface area contributed by atoms with Crippen molar-refractivity contribution in [2.45, 2.75) is 38.6 Å². The molecule has 6 rings (SSSR count). The number of fused-ring (bicyclic) bond motifs is 2. The Labute approximate surface area is 230 Å². The van der Waals surface area contributed by atoms with Gasteiger partial charge in [0.25, 0.3) is 0 Å². The fourth-order valence-electron chi connectivity index (χ4n) is 5.26. The lowest BCUT2D eigenvalue weighted by atomic mass is 9.91. The minimum Gasteiger partial charge on any atom is -0.491 e. The van der Waals surface area contributed by atoms with Crippen molar-refractivity contribution in [3.05, 3.63) is 42.7 Å². The molecule has 0 aromatic carbocycles. The second kappa shape index (κ2) is 10.0. The molecule has 1 saturated heterocycles. The number of aromatic nitrogens is 8. The molecular weight excluding hydrogens is 515 g/mol. The zero-order valence-electron chi connectivity index (χ0n) is 23.3. The number of hydrogen-bond acceptors (Lipinski definition) is 9. The van der Waals surface area contributed by atoms with Crippen molar-refractivity contribution in [1.82, 2.24) is 43.8 Å². The number of alkyl halides is 1. The van der Waals surface area contributed by atoms with Crippen LogP contribution in [0.15, 0.2) is 37.1 Å². The summed E-state index contributed by atoms with van der Waals surface area (Å²) in [6.45, 7) is 8.29. The van der Waals surface area contributed by atoms with Crippen LogP contribution in [0, 0.1) is 0 Å². The molecule has 0 spiro atoms. The van der Waals surface area contributed by atoms with E-state index in [4.69, 9.17) is 19.6 Å². The lowest BCUT2D eigenvalue weighted by Crippen LogP contribution is -2.26. The Morgan fingerprint density at radius 2 is 2.02 bits per heavy atom. The Hall–Kier alpha value is -4.26. The molecule has 6 heterocycles. The summed E-state index contributed by atoms with van der Waals surface area (Å²) < 4.78 is 30.5. The second-order valence-corrected chi connectivity index (χ2v) is 11.0. The molecule has 1 aliphatic heterocycles. The maximum absolute atomic E-state index is 12.9. The van der Waals surface area contributed by atoms with E-state index in [0.717, 1.165) is 30.7 Å². The minimum atomic E-state index is -0.335. The number of likely N-dealkylation sites (tertiary alicyclic amines) is 1. The van der Waals surface area contributed by atoms with Crippen molar-refractivity contribution in [3.63, 3.8) is 0 Å². The molecule has 1 fully saturated rings. The molecule has 5 aromatic heterocycles. The normalized spacial score (nSPS) is 16.3. The largest absolute Gasteiger partial charge is 0.491 e. The van der Waals surface area contributed by atoms with E-state index in [1.165, 1.54) is 0 Å². The molecule has 1 aliphatic rings. The lowest BCUT2D eigenvalue weighted by Gasteiger charge is -2.23. The van der Waals surface area contributed by atoms with Crippen molar-refractivity contribution in [1.29, 1.82) is 0 Å². The number of halogens is 1. The zero-order chi connectivity index (χ0) is 28.0. The van der Waals surface area contributed by atoms with Gasteiger partial charge in [0.1, 0.15) is 17.7 Å². The predicted octanol–water partition coefficient (Wildman–Crippen LogP) is 4.27. The number of methoxy groups -OCH3 is 1. The van der Waals surface area contributed by atoms with E-state index in [1.54, 1.807) is 42.6 Å². The Balaban J connectivity index is 1.33. The summed E-state index contributed by atoms with van der Waals surface area (Å²) in [5.41, 5.74) is 2.87. The van der Waals surface area contributed by atoms with E-state index in [1.807, 2.05) is 11.6 Å². The quantitative estimate of drug-likeness (QED) is 0.304. The first-order chi connectivity index (χ1) is 19.3. The Bertz CT molecular complexity index is 1670. The molecule has 0 radical (unpaired) electrons. The first-order valence-electron chi connectivity index (χ1n) is 13.3. The first kappa shape index (κ1) is 26.0. The smallest absolute Gasteiger partial charge is 0.211 e. The molecular formula is C27H33FN10O2. The van der Waals surface area contributed by atoms with Gasteiger partial charge in [-0.05, 0) is 6.42 Å². The second-order valence-electron chi connectivity index (χ2n) is 11.0. The average Bonchev–Trinajstić information content (AvgIpc) is 3.71. The number of hydrogen-bond donors (Lipinski definition) is 1. The Kier molecular flexibility index (Phi) is 6.53. The SMILES string of the molecule is COc1c(Oc2cnn3ccncc23)cnc2nc(Nc3cc(C(C)(C)C)n([C@H]4CCN(CCF)C4)n3)n(C)c12. The number of ether oxygens (including phenoxy) is 2. The number of pyridine rings is 1. The van der Waals surface area contributed by atoms with Crippen LogP contribution in [-0.4, -0.2) is 77.2 Å². The summed E-state index contributed by atoms with van der Waals surface area (Å²) >= 11 is 0. The molecule has 0 aliphatic carbocycles. The number of anilines is 2. The molecule has 12 nitrogen and oxygen atoms in total. The third-order valence-electron chi connectivity index (χ3n) is 7.27. The van der Waals surface area contributed by atoms with Crippen LogP contribution in [0.1, 0.15) is 38.9 Å². The molecule has 13 heteroatoms. The van der Waals surface area contributed by atoms with Crippen molar-refractivity contribution in [2.75, 3.05) is 38.7 Å². The molecule has 0 bridgehead atoms. The van der Waals surface area contributed by atoms with Crippen LogP contribution >= 0.6 is 0 Å². The van der Waals surface area contributed by atoms with E-state index in [0.29, 0.717) is 46.7 Å². The third kappa shape index (κ3) is 4.59. The molecule has 1 atom stereocenters. The van der Waals surface area contributed by atoms with Crippen molar-refractivity contribution in [2.24, 2.45) is 7.05 Å². The standard InChI is InChI=1S/C27H33FN10O2/c1-27(2,3)21-12-22(34-38(21)17-6-9-36(16-17)10-7-28)32-26-33-25-23(35(26)4)24(39-5)20(14-30-25)40-19-15-31-37-11-8-29-13-18(19)37/h8,11-15,17H,6-7,9-10,16H2,1-5H3,(H,30,32,33,34)/t17-/m0/s1. The number of aryl methyl sites for hydroxylation is 1. The Morgan fingerprint density at radius 1 is 1.18 bits per heavy atom. The van der Waals surface area contributed by atoms with Gasteiger partial charge in [0.05, 0.1) is 31.7 Å². The van der Waals surface area contributed by atoms with Gasteiger partial charge in [0.15, 0.2) is 28.7 Å². The number of imidazole rings is 1. The van der Waals surface area contributed by atoms with Crippen molar-refractivity contribution >= 4 is 28.4 Å². The van der Waals surface area contributed by atoms with Gasteiger partial charge in [-0.15, -0.1) is 0 Å². The molecule has 210 valence electrons. The number of nitrogens with one attached hydrogen (secondary N) is 1. The summed E-state index contributed by atoms with van der Waals surface area (Å²) in [6, 6.07) is 2.25. The molecule has 0 saturated carbocycles. The highest BCUT2D eigenvalue weighted by molar-refractivity contribution is 5.85. The number of rotatable bonds is 8. The zero-order valence-corrected chi connectivity index (χ0v) is 23.3. The fourth-order valence-corrected chi connectivity index (χ4v) is 5.26. The summed E-state index contributed by atoms with van der Waals surface area (Å²) in [5.74, 6) is 2.71. The Morgan fingerprint density at radius 3 is 2.80 bits per heavy atom. The summed E-state index contributed by atoms with van der Waals surface area (Å²) in [5, 5.41) is 12.6. The predicted molar refractivity (Wildman–Crippen MR) is 148 cm³/mol. The molecule has 1 N–H and O–H groups in total. The van der Waals surface area contributed by atoms with Crippen LogP contribution in [0.3, 0.4) is 0 Å². The molecule has 40 heavy (non-hydrogen) atoms. The van der Waals surface area contributed by atoms with Crippen LogP contribution in [0.4, 0.5) is 16.2 Å². The average molecular weight is 549 g/mol. The van der Waals surface area contributed by atoms with Crippen molar-refractivity contribution < 1.29 is 13.9 Å². The van der Waals surface area contributed by atoms with E-state index >= 15 is 0 Å². The fraction of sp³-hybridized carbons (Fsp3) is 0.444. The van der Waals surface area contributed by atoms with Gasteiger partial charge in [-0.1, -0.05) is 20.8 Å². The van der Waals surface area contributed by atoms with Gasteiger partial charge in [0, 0.05) is 56.3 Å². The van der Waals surface area contributed by atoms with Gasteiger partial charge >= 0.3 is 0 Å². The molecule has 0 amide bonds. The highest BCUT2D eigenvalue weighted by Gasteiger charge is 2.30. The highest BCUT2D eigenvalue weighted by Crippen LogP contribution is 2.39. The lowest BCUT2D eigenvalue weighted by molar-refractivity contribution is 0.282. The van der Waals surface area contributed by atoms with Crippen LogP contribution in [-0.2, 0) is 12.5 Å². The summed E-state index contributed by atoms with van der Waals surface area (Å²) in [7, 11) is 3.48. The highest BCUT2D eigenvalue weighted by atomic mass is 19.1. The van der Waals surface area contributed by atoms with Crippen molar-refractivity contribution in [3.8, 4) is 17.2 Å². The van der Waals surface area contributed by atoms with Crippen LogP contribution in [0.2, 0.25) is 0 Å². The summed E-state index contributed by atoms with van der Waals surface area (Å²) in [6.07, 6.45) is 9.24. The van der Waals surface area contributed by atoms with Crippen LogP contribution in [0.5, 0.6) is 17.2 Å². The monoisotopic (exact) mass is 548 g/mol. The first-order valence-corrected chi connectivity index (χ1v) is 13.3. The van der Waals surface area contributed by atoms with E-state index in [2.05, 4.69) is 56.8 Å². The van der Waals surface area contributed by atoms with E-state index in [-0.39, 0.29) is 18.1 Å². The molecule has 0 unspecified atom stereocenters. The maximum Gasteiger partial charge on any atom is 0.211 e. The van der Waals surface area contributed by atoms with Gasteiger partial charge in [-0.3, -0.25) is 14.6 Å². The summed E-state index contributed by atoms with van der Waals surface area (Å²) in [4.78, 5) is 15.6. The number of nitrogens with zero attached hydrogens (tertiary/aromatic N) is 9. The van der Waals surface area contributed by atoms with Gasteiger partial charge in [0.2, 0.25) is 5.95 Å². The topological polar surface area (TPSA) is 112 Å². The third-order valence-corrected chi connectivity index (χ3v) is 7.27. The maximum atomic E-state index is 12.9. The van der Waals surface area contributed by atoms with Gasteiger partial charge in [-0.25, -0.2) is 13.9 Å². The molecule has 5 aromatic rings. The van der Waals surface area contributed by atoms with Crippen LogP contribution < -0.4 is 14.8 Å². The minimum absolute atomic E-state index is 0.128. The van der Waals surface area contributed by atoms with Crippen LogP contribution in [0.25, 0.3) is 16.7 Å². The van der Waals surface area contributed by atoms with E-state index in [9.17, 15) is 4.39 Å².